The van der Waals surface area contributed by atoms with Gasteiger partial charge in [-0.1, -0.05) is 6.92 Å². The molecule has 1 aliphatic carbocycles. The molecule has 0 aromatic heterocycles. The van der Waals surface area contributed by atoms with Gasteiger partial charge in [0, 0.05) is 19.1 Å². The van der Waals surface area contributed by atoms with E-state index in [0.717, 1.165) is 38.9 Å². The summed E-state index contributed by atoms with van der Waals surface area (Å²) in [5, 5.41) is 15.2. The topological polar surface area (TPSA) is 61.4 Å². The number of nitrogens with one attached hydrogen (secondary N) is 2. The Morgan fingerprint density at radius 2 is 2.25 bits per heavy atom. The van der Waals surface area contributed by atoms with Gasteiger partial charge in [-0.25, -0.2) is 0 Å². The van der Waals surface area contributed by atoms with Gasteiger partial charge in [-0.05, 0) is 43.7 Å². The Bertz CT molecular complexity index is 260. The summed E-state index contributed by atoms with van der Waals surface area (Å²) in [5.74, 6) is 0.801. The third kappa shape index (κ3) is 2.55. The van der Waals surface area contributed by atoms with Gasteiger partial charge in [0.25, 0.3) is 0 Å². The summed E-state index contributed by atoms with van der Waals surface area (Å²) in [6, 6.07) is 0. The minimum Gasteiger partial charge on any atom is -0.396 e. The molecule has 4 heteroatoms. The van der Waals surface area contributed by atoms with E-state index in [-0.39, 0.29) is 23.8 Å². The van der Waals surface area contributed by atoms with Gasteiger partial charge in [0.2, 0.25) is 5.91 Å². The quantitative estimate of drug-likeness (QED) is 0.603. The van der Waals surface area contributed by atoms with Gasteiger partial charge in [0.1, 0.15) is 0 Å². The molecular formula is C12H22N2O2. The molecule has 2 aliphatic rings. The van der Waals surface area contributed by atoms with Crippen molar-refractivity contribution >= 4 is 5.91 Å². The van der Waals surface area contributed by atoms with Crippen molar-refractivity contribution in [1.29, 1.82) is 0 Å². The summed E-state index contributed by atoms with van der Waals surface area (Å²) in [5.41, 5.74) is 0.224. The van der Waals surface area contributed by atoms with Crippen LogP contribution in [0.3, 0.4) is 0 Å². The third-order valence-electron chi connectivity index (χ3n) is 4.17. The molecule has 1 atom stereocenters. The van der Waals surface area contributed by atoms with Crippen molar-refractivity contribution in [2.45, 2.75) is 26.2 Å². The first-order chi connectivity index (χ1) is 7.67. The highest BCUT2D eigenvalue weighted by Crippen LogP contribution is 2.47. The smallest absolute Gasteiger partial charge is 0.223 e. The zero-order valence-corrected chi connectivity index (χ0v) is 9.96. The van der Waals surface area contributed by atoms with Gasteiger partial charge in [-0.3, -0.25) is 4.79 Å². The Morgan fingerprint density at radius 1 is 1.56 bits per heavy atom. The first-order valence-corrected chi connectivity index (χ1v) is 6.26. The summed E-state index contributed by atoms with van der Waals surface area (Å²) < 4.78 is 0. The Hall–Kier alpha value is -0.610. The van der Waals surface area contributed by atoms with Crippen molar-refractivity contribution < 1.29 is 9.90 Å². The number of amides is 1. The fourth-order valence-electron chi connectivity index (χ4n) is 2.24. The van der Waals surface area contributed by atoms with Crippen LogP contribution in [-0.2, 0) is 4.79 Å². The number of carbonyl (C=O) groups excluding carboxylic acids is 1. The Morgan fingerprint density at radius 3 is 2.69 bits per heavy atom. The van der Waals surface area contributed by atoms with Gasteiger partial charge in [0.15, 0.2) is 0 Å². The Labute approximate surface area is 96.8 Å². The molecule has 0 spiro atoms. The molecule has 1 aliphatic heterocycles. The highest BCUT2D eigenvalue weighted by molar-refractivity contribution is 5.78. The van der Waals surface area contributed by atoms with Crippen molar-refractivity contribution in [2.24, 2.45) is 17.3 Å². The molecule has 3 N–H and O–H groups in total. The van der Waals surface area contributed by atoms with Crippen molar-refractivity contribution in [3.8, 4) is 0 Å². The average molecular weight is 226 g/mol. The minimum absolute atomic E-state index is 0.117. The van der Waals surface area contributed by atoms with Crippen LogP contribution in [0.15, 0.2) is 0 Å². The number of hydrogen-bond donors (Lipinski definition) is 3. The number of aliphatic hydroxyl groups is 1. The normalized spacial score (nSPS) is 24.6. The fraction of sp³-hybridized carbons (Fsp3) is 0.917. The summed E-state index contributed by atoms with van der Waals surface area (Å²) in [6.07, 6.45) is 3.12. The highest BCUT2D eigenvalue weighted by Gasteiger charge is 2.42. The monoisotopic (exact) mass is 226 g/mol. The predicted octanol–water partition coefficient (Wildman–Crippen LogP) is 0.121. The molecule has 1 amide bonds. The van der Waals surface area contributed by atoms with Crippen LogP contribution >= 0.6 is 0 Å². The van der Waals surface area contributed by atoms with Crippen LogP contribution in [0.4, 0.5) is 0 Å². The molecule has 0 bridgehead atoms. The maximum atomic E-state index is 11.9. The average Bonchev–Trinajstić information content (AvgIpc) is 2.93. The van der Waals surface area contributed by atoms with E-state index in [0.29, 0.717) is 5.92 Å². The summed E-state index contributed by atoms with van der Waals surface area (Å²) in [6.45, 7) is 4.92. The van der Waals surface area contributed by atoms with Gasteiger partial charge in [-0.15, -0.1) is 0 Å². The Balaban J connectivity index is 1.70. The van der Waals surface area contributed by atoms with Crippen LogP contribution < -0.4 is 10.6 Å². The lowest BCUT2D eigenvalue weighted by molar-refractivity contribution is -0.127. The van der Waals surface area contributed by atoms with E-state index in [1.54, 1.807) is 0 Å². The second-order valence-corrected chi connectivity index (χ2v) is 5.40. The molecule has 2 fully saturated rings. The fourth-order valence-corrected chi connectivity index (χ4v) is 2.24. The number of carbonyl (C=O) groups is 1. The molecule has 0 radical (unpaired) electrons. The summed E-state index contributed by atoms with van der Waals surface area (Å²) in [4.78, 5) is 11.9. The van der Waals surface area contributed by atoms with E-state index in [1.807, 2.05) is 6.92 Å². The van der Waals surface area contributed by atoms with Crippen LogP contribution in [0.1, 0.15) is 26.2 Å². The zero-order chi connectivity index (χ0) is 11.6. The van der Waals surface area contributed by atoms with Gasteiger partial charge in [0.05, 0.1) is 0 Å². The van der Waals surface area contributed by atoms with E-state index in [2.05, 4.69) is 10.6 Å². The van der Waals surface area contributed by atoms with E-state index in [1.165, 1.54) is 0 Å². The minimum atomic E-state index is 0.117. The maximum Gasteiger partial charge on any atom is 0.223 e. The van der Waals surface area contributed by atoms with Crippen molar-refractivity contribution in [3.63, 3.8) is 0 Å². The molecule has 4 nitrogen and oxygen atoms in total. The van der Waals surface area contributed by atoms with E-state index < -0.39 is 0 Å². The molecular weight excluding hydrogens is 204 g/mol. The molecule has 92 valence electrons. The van der Waals surface area contributed by atoms with Crippen LogP contribution in [0, 0.1) is 17.3 Å². The van der Waals surface area contributed by atoms with E-state index in [9.17, 15) is 4.79 Å². The van der Waals surface area contributed by atoms with Crippen LogP contribution in [0.25, 0.3) is 0 Å². The van der Waals surface area contributed by atoms with Crippen LogP contribution in [0.5, 0.6) is 0 Å². The molecule has 0 aromatic carbocycles. The third-order valence-corrected chi connectivity index (χ3v) is 4.17. The molecule has 0 aromatic rings. The highest BCUT2D eigenvalue weighted by atomic mass is 16.3. The largest absolute Gasteiger partial charge is 0.396 e. The summed E-state index contributed by atoms with van der Waals surface area (Å²) in [7, 11) is 0. The SMILES string of the molecule is CC(C(=O)NCC1(CCO)CC1)C1CNC1. The molecule has 1 saturated heterocycles. The first-order valence-electron chi connectivity index (χ1n) is 6.26. The van der Waals surface area contributed by atoms with Gasteiger partial charge >= 0.3 is 0 Å². The lowest BCUT2D eigenvalue weighted by Crippen LogP contribution is -2.50. The summed E-state index contributed by atoms with van der Waals surface area (Å²) >= 11 is 0. The number of hydrogen-bond acceptors (Lipinski definition) is 3. The van der Waals surface area contributed by atoms with Gasteiger partial charge in [-0.2, -0.15) is 0 Å². The number of aliphatic hydroxyl groups excluding tert-OH is 1. The van der Waals surface area contributed by atoms with Crippen molar-refractivity contribution in [3.05, 3.63) is 0 Å². The second kappa shape index (κ2) is 4.72. The van der Waals surface area contributed by atoms with Crippen molar-refractivity contribution in [2.75, 3.05) is 26.2 Å². The van der Waals surface area contributed by atoms with Crippen LogP contribution in [-0.4, -0.2) is 37.3 Å². The molecule has 1 saturated carbocycles. The lowest BCUT2D eigenvalue weighted by atomic mass is 9.88. The maximum absolute atomic E-state index is 11.9. The number of rotatable bonds is 6. The standard InChI is InChI=1S/C12H22N2O2/c1-9(10-6-13-7-10)11(16)14-8-12(2-3-12)4-5-15/h9-10,13,15H,2-8H2,1H3,(H,14,16). The zero-order valence-electron chi connectivity index (χ0n) is 9.96. The van der Waals surface area contributed by atoms with Crippen LogP contribution in [0.2, 0.25) is 0 Å². The molecule has 2 rings (SSSR count). The predicted molar refractivity (Wildman–Crippen MR) is 61.9 cm³/mol. The first kappa shape index (κ1) is 11.9. The molecule has 1 unspecified atom stereocenters. The van der Waals surface area contributed by atoms with Crippen molar-refractivity contribution in [1.82, 2.24) is 10.6 Å². The second-order valence-electron chi connectivity index (χ2n) is 5.40. The Kier molecular flexibility index (Phi) is 3.50. The van der Waals surface area contributed by atoms with E-state index >= 15 is 0 Å². The van der Waals surface area contributed by atoms with E-state index in [4.69, 9.17) is 5.11 Å². The van der Waals surface area contributed by atoms with Gasteiger partial charge < -0.3 is 15.7 Å². The molecule has 16 heavy (non-hydrogen) atoms. The molecule has 1 heterocycles. The lowest BCUT2D eigenvalue weighted by Gasteiger charge is -2.32.